The zero-order valence-electron chi connectivity index (χ0n) is 17.8. The Labute approximate surface area is 181 Å². The van der Waals surface area contributed by atoms with E-state index >= 15 is 0 Å². The van der Waals surface area contributed by atoms with E-state index in [1.165, 1.54) is 0 Å². The second-order valence-electron chi connectivity index (χ2n) is 7.58. The maximum Gasteiger partial charge on any atom is 0.340 e. The van der Waals surface area contributed by atoms with Crippen LogP contribution in [-0.2, 0) is 22.5 Å². The summed E-state index contributed by atoms with van der Waals surface area (Å²) in [6.07, 6.45) is 3.45. The summed E-state index contributed by atoms with van der Waals surface area (Å²) in [6, 6.07) is 11.0. The van der Waals surface area contributed by atoms with E-state index in [9.17, 15) is 9.59 Å². The van der Waals surface area contributed by atoms with Gasteiger partial charge in [-0.1, -0.05) is 32.0 Å². The van der Waals surface area contributed by atoms with E-state index in [-0.39, 0.29) is 5.91 Å². The van der Waals surface area contributed by atoms with Gasteiger partial charge in [-0.2, -0.15) is 0 Å². The molecule has 0 fully saturated rings. The van der Waals surface area contributed by atoms with Gasteiger partial charge in [0.05, 0.1) is 11.1 Å². The molecule has 0 saturated heterocycles. The second kappa shape index (κ2) is 9.22. The molecular weight excluding hydrogens is 392 g/mol. The van der Waals surface area contributed by atoms with E-state index in [1.807, 2.05) is 31.2 Å². The Morgan fingerprint density at radius 1 is 1.16 bits per heavy atom. The summed E-state index contributed by atoms with van der Waals surface area (Å²) in [4.78, 5) is 37.1. The van der Waals surface area contributed by atoms with Crippen LogP contribution in [0, 0.1) is 0 Å². The van der Waals surface area contributed by atoms with E-state index in [1.54, 1.807) is 24.5 Å². The number of hydrogen-bond acceptors (Lipinski definition) is 6. The lowest BCUT2D eigenvalue weighted by Crippen LogP contribution is -2.35. The topological polar surface area (TPSA) is 84.4 Å². The summed E-state index contributed by atoms with van der Waals surface area (Å²) >= 11 is 0. The van der Waals surface area contributed by atoms with Crippen LogP contribution in [0.25, 0.3) is 10.9 Å². The Hall–Kier alpha value is -3.32. The molecule has 1 atom stereocenters. The fraction of sp³-hybridized carbons (Fsp3) is 0.333. The Morgan fingerprint density at radius 2 is 1.94 bits per heavy atom. The molecule has 0 radical (unpaired) electrons. The van der Waals surface area contributed by atoms with Crippen molar-refractivity contribution in [1.29, 1.82) is 0 Å². The van der Waals surface area contributed by atoms with E-state index in [2.05, 4.69) is 22.1 Å². The average molecular weight is 418 g/mol. The number of likely N-dealkylation sites (N-methyl/N-ethyl adjacent to an activating group) is 1. The first-order valence-corrected chi connectivity index (χ1v) is 10.6. The van der Waals surface area contributed by atoms with Crippen molar-refractivity contribution in [2.24, 2.45) is 0 Å². The van der Waals surface area contributed by atoms with Crippen molar-refractivity contribution in [3.05, 3.63) is 65.6 Å². The highest BCUT2D eigenvalue weighted by Crippen LogP contribution is 2.29. The number of para-hydroxylation sites is 1. The first-order chi connectivity index (χ1) is 15.1. The first-order valence-electron chi connectivity index (χ1n) is 10.6. The molecule has 1 unspecified atom stereocenters. The number of nitrogens with zero attached hydrogens (tertiary/aromatic N) is 3. The Balaban J connectivity index is 1.65. The second-order valence-corrected chi connectivity index (χ2v) is 7.58. The number of fused-ring (bicyclic) bond motifs is 2. The summed E-state index contributed by atoms with van der Waals surface area (Å²) in [7, 11) is 0. The van der Waals surface area contributed by atoms with Gasteiger partial charge >= 0.3 is 5.97 Å². The van der Waals surface area contributed by atoms with Crippen LogP contribution >= 0.6 is 0 Å². The minimum atomic E-state index is -0.894. The summed E-state index contributed by atoms with van der Waals surface area (Å²) in [5.41, 5.74) is 3.74. The molecule has 1 N–H and O–H groups in total. The van der Waals surface area contributed by atoms with Gasteiger partial charge in [-0.05, 0) is 31.2 Å². The van der Waals surface area contributed by atoms with Crippen molar-refractivity contribution in [2.45, 2.75) is 39.3 Å². The fourth-order valence-electron chi connectivity index (χ4n) is 3.92. The van der Waals surface area contributed by atoms with Crippen LogP contribution in [0.4, 0.5) is 5.69 Å². The Bertz CT molecular complexity index is 1100. The number of pyridine rings is 2. The van der Waals surface area contributed by atoms with E-state index in [4.69, 9.17) is 9.72 Å². The van der Waals surface area contributed by atoms with Gasteiger partial charge < -0.3 is 10.1 Å². The zero-order chi connectivity index (χ0) is 21.8. The molecule has 7 nitrogen and oxygen atoms in total. The number of carbonyl (C=O) groups is 2. The van der Waals surface area contributed by atoms with Crippen molar-refractivity contribution >= 4 is 28.5 Å². The normalized spacial score (nSPS) is 14.6. The first kappa shape index (κ1) is 20.9. The highest BCUT2D eigenvalue weighted by Gasteiger charge is 2.29. The van der Waals surface area contributed by atoms with E-state index < -0.39 is 12.1 Å². The number of hydrogen-bond donors (Lipinski definition) is 1. The zero-order valence-corrected chi connectivity index (χ0v) is 17.8. The molecule has 3 aromatic rings. The molecule has 2 aromatic heterocycles. The van der Waals surface area contributed by atoms with Crippen molar-refractivity contribution in [3.8, 4) is 0 Å². The number of carbonyl (C=O) groups excluding carboxylic acids is 2. The number of esters is 1. The van der Waals surface area contributed by atoms with Crippen molar-refractivity contribution < 1.29 is 14.3 Å². The lowest BCUT2D eigenvalue weighted by molar-refractivity contribution is -0.124. The molecule has 1 amide bonds. The number of nitrogens with one attached hydrogen (secondary N) is 1. The van der Waals surface area contributed by atoms with Crippen molar-refractivity contribution in [3.63, 3.8) is 0 Å². The predicted octanol–water partition coefficient (Wildman–Crippen LogP) is 3.58. The summed E-state index contributed by atoms with van der Waals surface area (Å²) in [5.74, 6) is -0.839. The lowest BCUT2D eigenvalue weighted by atomic mass is 9.95. The third-order valence-corrected chi connectivity index (χ3v) is 5.64. The van der Waals surface area contributed by atoms with E-state index in [0.717, 1.165) is 41.7 Å². The third-order valence-electron chi connectivity index (χ3n) is 5.64. The third kappa shape index (κ3) is 4.41. The molecule has 1 aliphatic rings. The maximum absolute atomic E-state index is 13.4. The monoisotopic (exact) mass is 418 g/mol. The molecule has 0 spiro atoms. The van der Waals surface area contributed by atoms with Gasteiger partial charge in [-0.25, -0.2) is 4.79 Å². The van der Waals surface area contributed by atoms with Crippen molar-refractivity contribution in [1.82, 2.24) is 14.9 Å². The number of aromatic nitrogens is 2. The molecule has 31 heavy (non-hydrogen) atoms. The van der Waals surface area contributed by atoms with Crippen LogP contribution in [0.5, 0.6) is 0 Å². The number of amides is 1. The molecule has 0 aliphatic carbocycles. The smallest absolute Gasteiger partial charge is 0.340 e. The van der Waals surface area contributed by atoms with Crippen LogP contribution in [0.3, 0.4) is 0 Å². The minimum absolute atomic E-state index is 0.357. The molecule has 0 saturated carbocycles. The predicted molar refractivity (Wildman–Crippen MR) is 119 cm³/mol. The van der Waals surface area contributed by atoms with Gasteiger partial charge in [-0.3, -0.25) is 19.7 Å². The van der Waals surface area contributed by atoms with Crippen LogP contribution in [0.1, 0.15) is 41.9 Å². The number of rotatable bonds is 6. The summed E-state index contributed by atoms with van der Waals surface area (Å²) in [6.45, 7) is 6.38. The van der Waals surface area contributed by atoms with E-state index in [0.29, 0.717) is 24.2 Å². The highest BCUT2D eigenvalue weighted by atomic mass is 16.5. The lowest BCUT2D eigenvalue weighted by Gasteiger charge is -2.29. The molecule has 4 rings (SSSR count). The molecule has 1 aliphatic heterocycles. The molecule has 160 valence electrons. The largest absolute Gasteiger partial charge is 0.449 e. The SMILES string of the molecule is CCC(OC(=O)c1c2c(nc3ccccc13)CCN(CC)C2)C(=O)Nc1ccncc1. The standard InChI is InChI=1S/C24H26N4O3/c1-3-21(23(29)26-16-9-12-25-13-10-16)31-24(30)22-17-7-5-6-8-19(17)27-20-11-14-28(4-2)15-18(20)22/h5-10,12-13,21H,3-4,11,14-15H2,1-2H3,(H,25,26,29). The van der Waals surface area contributed by atoms with Gasteiger partial charge in [0.15, 0.2) is 6.10 Å². The average Bonchev–Trinajstić information content (AvgIpc) is 2.81. The van der Waals surface area contributed by atoms with Crippen LogP contribution in [0.2, 0.25) is 0 Å². The number of benzene rings is 1. The summed E-state index contributed by atoms with van der Waals surface area (Å²) < 4.78 is 5.75. The van der Waals surface area contributed by atoms with Crippen molar-refractivity contribution in [2.75, 3.05) is 18.4 Å². The minimum Gasteiger partial charge on any atom is -0.449 e. The molecule has 1 aromatic carbocycles. The number of ether oxygens (including phenoxy) is 1. The molecule has 0 bridgehead atoms. The molecule has 3 heterocycles. The van der Waals surface area contributed by atoms with Gasteiger partial charge in [0.1, 0.15) is 0 Å². The quantitative estimate of drug-likeness (QED) is 0.616. The molecule has 7 heteroatoms. The highest BCUT2D eigenvalue weighted by molar-refractivity contribution is 6.06. The van der Waals surface area contributed by atoms with Gasteiger partial charge in [0, 0.05) is 54.2 Å². The van der Waals surface area contributed by atoms with Gasteiger partial charge in [-0.15, -0.1) is 0 Å². The van der Waals surface area contributed by atoms with Gasteiger partial charge in [0.2, 0.25) is 0 Å². The fourth-order valence-corrected chi connectivity index (χ4v) is 3.92. The van der Waals surface area contributed by atoms with Crippen LogP contribution in [0.15, 0.2) is 48.8 Å². The van der Waals surface area contributed by atoms with Gasteiger partial charge in [0.25, 0.3) is 5.91 Å². The Morgan fingerprint density at radius 3 is 2.68 bits per heavy atom. The summed E-state index contributed by atoms with van der Waals surface area (Å²) in [5, 5.41) is 3.55. The van der Waals surface area contributed by atoms with Crippen LogP contribution in [-0.4, -0.2) is 45.9 Å². The van der Waals surface area contributed by atoms with Crippen LogP contribution < -0.4 is 5.32 Å². The Kier molecular flexibility index (Phi) is 6.23. The molecular formula is C24H26N4O3. The maximum atomic E-state index is 13.4. The number of anilines is 1.